The van der Waals surface area contributed by atoms with E-state index < -0.39 is 37.7 Å². The van der Waals surface area contributed by atoms with Crippen molar-refractivity contribution in [1.29, 1.82) is 0 Å². The molecule has 1 heterocycles. The second kappa shape index (κ2) is 9.04. The van der Waals surface area contributed by atoms with Gasteiger partial charge in [-0.2, -0.15) is 4.98 Å². The van der Waals surface area contributed by atoms with E-state index >= 15 is 0 Å². The van der Waals surface area contributed by atoms with Gasteiger partial charge in [0, 0.05) is 17.1 Å². The predicted molar refractivity (Wildman–Crippen MR) is 143 cm³/mol. The smallest absolute Gasteiger partial charge is 0.254 e. The van der Waals surface area contributed by atoms with Gasteiger partial charge in [-0.3, -0.25) is 4.79 Å². The van der Waals surface area contributed by atoms with Gasteiger partial charge in [0.15, 0.2) is 0 Å². The van der Waals surface area contributed by atoms with Gasteiger partial charge in [0.1, 0.15) is 21.5 Å². The van der Waals surface area contributed by atoms with E-state index in [9.17, 15) is 9.90 Å². The van der Waals surface area contributed by atoms with Gasteiger partial charge >= 0.3 is 0 Å². The largest absolute Gasteiger partial charge is 0.399 e. The number of anilines is 2. The first kappa shape index (κ1) is 29.1. The Kier molecular flexibility index (Phi) is 7.73. The minimum absolute atomic E-state index is 0.0807. The molecule has 1 amide bonds. The summed E-state index contributed by atoms with van der Waals surface area (Å²) in [5, 5.41) is 8.62. The molecule has 0 aromatic carbocycles. The highest BCUT2D eigenvalue weighted by Crippen LogP contribution is 2.55. The summed E-state index contributed by atoms with van der Waals surface area (Å²) >= 11 is 0. The van der Waals surface area contributed by atoms with Gasteiger partial charge in [-0.1, -0.05) is 6.92 Å². The maximum atomic E-state index is 12.0. The third-order valence-corrected chi connectivity index (χ3v) is 6.14. The molecule has 22 radical (unpaired) electrons. The Labute approximate surface area is 215 Å². The van der Waals surface area contributed by atoms with Crippen molar-refractivity contribution in [3.63, 3.8) is 0 Å². The number of amides is 1. The van der Waals surface area contributed by atoms with Crippen LogP contribution in [0.4, 0.5) is 11.8 Å². The number of nitrogens with one attached hydrogen (secondary N) is 2. The lowest BCUT2D eigenvalue weighted by molar-refractivity contribution is 0.0245. The summed E-state index contributed by atoms with van der Waals surface area (Å²) in [6.45, 7) is 1.79. The van der Waals surface area contributed by atoms with E-state index in [-0.39, 0.29) is 29.7 Å². The fourth-order valence-corrected chi connectivity index (χ4v) is 4.17. The van der Waals surface area contributed by atoms with Crippen LogP contribution in [0, 0.1) is 5.92 Å². The quantitative estimate of drug-likeness (QED) is 0.318. The summed E-state index contributed by atoms with van der Waals surface area (Å²) in [4.78, 5) is 20.2. The average Bonchev–Trinajstić information content (AvgIpc) is 2.59. The molecule has 0 aliphatic heterocycles. The summed E-state index contributed by atoms with van der Waals surface area (Å²) in [6, 6.07) is 0. The molecule has 2 rings (SSSR count). The standard InChI is InChI=1S/C16H16B11N5O2/c1-6-2-3-11(17,5-12(6,18)34)31-9-7(8(28)33)4-29-10(30-9)32-13(14(19,20)21,15(22,23)24)16(25,26)27/h4,6,34H,2-3,5H2,1H3,(H2,28,33)(H2,29,30,31,32). The van der Waals surface area contributed by atoms with Crippen LogP contribution in [0.3, 0.4) is 0 Å². The van der Waals surface area contributed by atoms with E-state index in [0.717, 1.165) is 6.20 Å². The van der Waals surface area contributed by atoms with Crippen molar-refractivity contribution in [2.45, 2.75) is 58.0 Å². The molecule has 150 valence electrons. The van der Waals surface area contributed by atoms with Crippen molar-refractivity contribution >= 4 is 104 Å². The van der Waals surface area contributed by atoms with Gasteiger partial charge < -0.3 is 21.5 Å². The Morgan fingerprint density at radius 2 is 1.59 bits per heavy atom. The Morgan fingerprint density at radius 1 is 1.09 bits per heavy atom. The van der Waals surface area contributed by atoms with Crippen LogP contribution in [0.2, 0.25) is 15.3 Å². The van der Waals surface area contributed by atoms with Gasteiger partial charge in [0.25, 0.3) is 5.91 Å². The first-order valence-electron chi connectivity index (χ1n) is 10.2. The molecule has 0 spiro atoms. The van der Waals surface area contributed by atoms with Gasteiger partial charge in [-0.05, 0) is 30.7 Å². The van der Waals surface area contributed by atoms with Crippen molar-refractivity contribution in [2.24, 2.45) is 11.7 Å². The number of carbonyl (C=O) groups is 1. The van der Waals surface area contributed by atoms with E-state index in [4.69, 9.17) is 92.0 Å². The number of nitrogens with two attached hydrogens (primary N) is 1. The van der Waals surface area contributed by atoms with Gasteiger partial charge in [0.05, 0.1) is 76.2 Å². The van der Waals surface area contributed by atoms with Crippen molar-refractivity contribution in [3.8, 4) is 0 Å². The maximum Gasteiger partial charge on any atom is 0.254 e. The fraction of sp³-hybridized carbons (Fsp3) is 0.688. The zero-order valence-electron chi connectivity index (χ0n) is 19.0. The predicted octanol–water partition coefficient (Wildman–Crippen LogP) is -3.58. The molecular weight excluding hydrogens is 413 g/mol. The van der Waals surface area contributed by atoms with Crippen LogP contribution in [0.25, 0.3) is 0 Å². The summed E-state index contributed by atoms with van der Waals surface area (Å²) < 4.78 is 0. The summed E-state index contributed by atoms with van der Waals surface area (Å²) in [6.07, 6.45) is 1.82. The monoisotopic (exact) mass is 431 g/mol. The zero-order chi connectivity index (χ0) is 26.5. The van der Waals surface area contributed by atoms with Crippen LogP contribution in [0.15, 0.2) is 6.20 Å². The molecule has 7 nitrogen and oxygen atoms in total. The second-order valence-corrected chi connectivity index (χ2v) is 9.38. The molecule has 1 aliphatic carbocycles. The maximum absolute atomic E-state index is 12.0. The van der Waals surface area contributed by atoms with E-state index in [2.05, 4.69) is 20.6 Å². The highest BCUT2D eigenvalue weighted by atomic mass is 16.3. The first-order chi connectivity index (χ1) is 15.1. The van der Waals surface area contributed by atoms with Crippen molar-refractivity contribution < 1.29 is 9.90 Å². The molecule has 1 fully saturated rings. The Hall–Kier alpha value is -1.18. The van der Waals surface area contributed by atoms with E-state index in [1.165, 1.54) is 0 Å². The number of hydrogen-bond acceptors (Lipinski definition) is 6. The minimum atomic E-state index is -2.45. The highest BCUT2D eigenvalue weighted by Gasteiger charge is 2.54. The lowest BCUT2D eigenvalue weighted by Crippen LogP contribution is -2.67. The highest BCUT2D eigenvalue weighted by molar-refractivity contribution is 6.71. The van der Waals surface area contributed by atoms with Crippen LogP contribution < -0.4 is 16.4 Å². The summed E-state index contributed by atoms with van der Waals surface area (Å²) in [7, 11) is 65.2. The number of aromatic nitrogens is 2. The molecule has 34 heavy (non-hydrogen) atoms. The van der Waals surface area contributed by atoms with Gasteiger partial charge in [0.2, 0.25) is 5.95 Å². The number of nitrogens with zero attached hydrogens (tertiary/aromatic N) is 2. The van der Waals surface area contributed by atoms with E-state index in [0.29, 0.717) is 12.8 Å². The number of carbonyl (C=O) groups excluding carboxylic acids is 1. The molecule has 18 heteroatoms. The molecule has 0 saturated heterocycles. The van der Waals surface area contributed by atoms with Gasteiger partial charge in [-0.15, -0.1) is 15.3 Å². The molecule has 1 aromatic rings. The number of hydrogen-bond donors (Lipinski definition) is 4. The number of aliphatic hydroxyl groups is 1. The first-order valence-corrected chi connectivity index (χ1v) is 10.2. The Bertz CT molecular complexity index is 895. The Balaban J connectivity index is 2.59. The van der Waals surface area contributed by atoms with Crippen LogP contribution in [0.1, 0.15) is 36.5 Å². The van der Waals surface area contributed by atoms with E-state index in [1.807, 2.05) is 0 Å². The van der Waals surface area contributed by atoms with Crippen LogP contribution in [0.5, 0.6) is 0 Å². The third kappa shape index (κ3) is 5.47. The molecule has 5 N–H and O–H groups in total. The van der Waals surface area contributed by atoms with Crippen LogP contribution in [-0.4, -0.2) is 124 Å². The van der Waals surface area contributed by atoms with Crippen molar-refractivity contribution in [3.05, 3.63) is 11.8 Å². The lowest BCUT2D eigenvalue weighted by atomic mass is 9.12. The number of primary amides is 1. The lowest BCUT2D eigenvalue weighted by Gasteiger charge is -2.65. The van der Waals surface area contributed by atoms with Crippen molar-refractivity contribution in [2.75, 3.05) is 10.6 Å². The fourth-order valence-electron chi connectivity index (χ4n) is 4.17. The van der Waals surface area contributed by atoms with Crippen LogP contribution in [-0.2, 0) is 0 Å². The molecule has 1 saturated carbocycles. The van der Waals surface area contributed by atoms with Crippen LogP contribution >= 0.6 is 0 Å². The molecule has 3 atom stereocenters. The van der Waals surface area contributed by atoms with Crippen molar-refractivity contribution in [1.82, 2.24) is 9.97 Å². The normalized spacial score (nSPS) is 26.5. The molecule has 1 aromatic heterocycles. The Morgan fingerprint density at radius 3 is 2.00 bits per heavy atom. The second-order valence-electron chi connectivity index (χ2n) is 9.38. The molecular formula is C16H16B11N5O2. The molecule has 3 unspecified atom stereocenters. The minimum Gasteiger partial charge on any atom is -0.399 e. The molecule has 0 bridgehead atoms. The SMILES string of the molecule is [B]C1(Nc2nc(NC(C([B])([B])[B])(C([B])([B])[B])C([B])([B])[B])ncc2C(N)=O)CCC(C)C([B])(O)C1. The third-order valence-electron chi connectivity index (χ3n) is 6.14. The number of rotatable bonds is 8. The van der Waals surface area contributed by atoms with Gasteiger partial charge in [-0.25, -0.2) is 4.98 Å². The zero-order valence-corrected chi connectivity index (χ0v) is 19.0. The summed E-state index contributed by atoms with van der Waals surface area (Å²) in [5.74, 6) is -1.61. The average molecular weight is 429 g/mol. The summed E-state index contributed by atoms with van der Waals surface area (Å²) in [5.41, 5.74) is -0.00794. The topological polar surface area (TPSA) is 113 Å². The molecule has 1 aliphatic rings. The van der Waals surface area contributed by atoms with E-state index in [1.54, 1.807) is 6.92 Å².